The molecule has 0 atom stereocenters. The Kier molecular flexibility index (Phi) is 13.0. The van der Waals surface area contributed by atoms with Crippen molar-refractivity contribution in [1.29, 1.82) is 0 Å². The van der Waals surface area contributed by atoms with E-state index in [1.807, 2.05) is 19.1 Å². The van der Waals surface area contributed by atoms with Crippen molar-refractivity contribution in [3.63, 3.8) is 0 Å². The zero-order chi connectivity index (χ0) is 26.2. The molecule has 8 nitrogen and oxygen atoms in total. The number of carboxylic acids is 2. The Hall–Kier alpha value is -3.49. The Morgan fingerprint density at radius 2 is 1.42 bits per heavy atom. The predicted octanol–water partition coefficient (Wildman–Crippen LogP) is 4.31. The lowest BCUT2D eigenvalue weighted by atomic mass is 10.00. The molecule has 3 rings (SSSR count). The Labute approximate surface area is 212 Å². The Bertz CT molecular complexity index is 899. The summed E-state index contributed by atoms with van der Waals surface area (Å²) in [6.45, 7) is 5.30. The zero-order valence-electron chi connectivity index (χ0n) is 20.6. The number of carbonyl (C=O) groups is 3. The molecule has 2 aromatic carbocycles. The van der Waals surface area contributed by atoms with Gasteiger partial charge in [-0.25, -0.2) is 9.59 Å². The van der Waals surface area contributed by atoms with Crippen molar-refractivity contribution in [1.82, 2.24) is 4.90 Å². The van der Waals surface area contributed by atoms with Gasteiger partial charge in [0.1, 0.15) is 6.10 Å². The predicted molar refractivity (Wildman–Crippen MR) is 136 cm³/mol. The minimum atomic E-state index is -1.26. The maximum absolute atomic E-state index is 11.5. The molecule has 1 saturated heterocycles. The van der Waals surface area contributed by atoms with Gasteiger partial charge < -0.3 is 24.6 Å². The minimum absolute atomic E-state index is 0.0252. The quantitative estimate of drug-likeness (QED) is 0.349. The molecular weight excluding hydrogens is 462 g/mol. The number of hydrogen-bond donors (Lipinski definition) is 2. The highest BCUT2D eigenvalue weighted by Gasteiger charge is 2.24. The largest absolute Gasteiger partial charge is 0.478 e. The van der Waals surface area contributed by atoms with Crippen LogP contribution >= 0.6 is 0 Å². The molecule has 0 aromatic heterocycles. The van der Waals surface area contributed by atoms with Crippen molar-refractivity contribution < 1.29 is 34.1 Å². The van der Waals surface area contributed by atoms with Gasteiger partial charge in [-0.15, -0.1) is 0 Å². The molecule has 0 spiro atoms. The third-order valence-electron chi connectivity index (χ3n) is 5.60. The molecule has 0 saturated carbocycles. The van der Waals surface area contributed by atoms with Crippen LogP contribution in [0.15, 0.2) is 72.8 Å². The number of aliphatic carboxylic acids is 2. The lowest BCUT2D eigenvalue weighted by Gasteiger charge is -2.34. The van der Waals surface area contributed by atoms with E-state index in [1.165, 1.54) is 11.1 Å². The SMILES string of the molecule is CCOC(=O)CCCN1CCC(OC(c2ccccc2)c2ccccc2)CC1.O=C(O)C=CC(=O)O. The van der Waals surface area contributed by atoms with Crippen molar-refractivity contribution in [2.24, 2.45) is 0 Å². The number of carbonyl (C=O) groups excluding carboxylic acids is 1. The van der Waals surface area contributed by atoms with E-state index in [-0.39, 0.29) is 18.2 Å². The normalized spacial score (nSPS) is 14.3. The number of esters is 1. The van der Waals surface area contributed by atoms with Crippen LogP contribution in [0.1, 0.15) is 49.8 Å². The summed E-state index contributed by atoms with van der Waals surface area (Å²) in [6, 6.07) is 20.9. The van der Waals surface area contributed by atoms with Gasteiger partial charge >= 0.3 is 17.9 Å². The fraction of sp³-hybridized carbons (Fsp3) is 0.393. The minimum Gasteiger partial charge on any atom is -0.478 e. The van der Waals surface area contributed by atoms with Gasteiger partial charge in [0.05, 0.1) is 12.7 Å². The number of rotatable bonds is 11. The summed E-state index contributed by atoms with van der Waals surface area (Å²) in [6.07, 6.45) is 4.76. The number of carboxylic acid groups (broad SMARTS) is 2. The van der Waals surface area contributed by atoms with E-state index in [4.69, 9.17) is 19.7 Å². The second-order valence-electron chi connectivity index (χ2n) is 8.30. The van der Waals surface area contributed by atoms with Gasteiger partial charge in [-0.2, -0.15) is 0 Å². The topological polar surface area (TPSA) is 113 Å². The highest BCUT2D eigenvalue weighted by molar-refractivity contribution is 5.89. The molecule has 194 valence electrons. The summed E-state index contributed by atoms with van der Waals surface area (Å²) < 4.78 is 11.6. The Morgan fingerprint density at radius 3 is 1.86 bits per heavy atom. The van der Waals surface area contributed by atoms with Crippen LogP contribution in [0.5, 0.6) is 0 Å². The molecule has 2 aromatic rings. The average molecular weight is 498 g/mol. The maximum Gasteiger partial charge on any atom is 0.328 e. The first-order valence-electron chi connectivity index (χ1n) is 12.2. The number of benzene rings is 2. The Morgan fingerprint density at radius 1 is 0.917 bits per heavy atom. The van der Waals surface area contributed by atoms with E-state index in [0.717, 1.165) is 38.9 Å². The van der Waals surface area contributed by atoms with E-state index in [1.54, 1.807) is 0 Å². The molecule has 0 bridgehead atoms. The lowest BCUT2D eigenvalue weighted by Crippen LogP contribution is -2.38. The first kappa shape index (κ1) is 28.7. The standard InChI is InChI=1S/C24H31NO3.C4H4O4/c1-2-27-23(26)14-9-17-25-18-15-22(16-19-25)28-24(20-10-5-3-6-11-20)21-12-7-4-8-13-21;5-3(6)1-2-4(7)8/h3-8,10-13,22,24H,2,9,14-19H2,1H3;1-2H,(H,5,6)(H,7,8). The Balaban J connectivity index is 0.000000493. The summed E-state index contributed by atoms with van der Waals surface area (Å²) in [5.74, 6) is -2.60. The fourth-order valence-corrected chi connectivity index (χ4v) is 3.89. The summed E-state index contributed by atoms with van der Waals surface area (Å²) in [4.78, 5) is 33.0. The number of ether oxygens (including phenoxy) is 2. The molecule has 0 amide bonds. The maximum atomic E-state index is 11.5. The molecule has 1 heterocycles. The molecule has 0 aliphatic carbocycles. The van der Waals surface area contributed by atoms with E-state index < -0.39 is 11.9 Å². The number of hydrogen-bond acceptors (Lipinski definition) is 6. The zero-order valence-corrected chi connectivity index (χ0v) is 20.6. The van der Waals surface area contributed by atoms with Crippen LogP contribution in [0.4, 0.5) is 0 Å². The highest BCUT2D eigenvalue weighted by atomic mass is 16.5. The molecule has 36 heavy (non-hydrogen) atoms. The van der Waals surface area contributed by atoms with Gasteiger partial charge in [0.25, 0.3) is 0 Å². The number of likely N-dealkylation sites (tertiary alicyclic amines) is 1. The summed E-state index contributed by atoms with van der Waals surface area (Å²) in [5.41, 5.74) is 2.40. The molecule has 1 aliphatic rings. The second-order valence-corrected chi connectivity index (χ2v) is 8.30. The molecule has 2 N–H and O–H groups in total. The van der Waals surface area contributed by atoms with Crippen LogP contribution in [0, 0.1) is 0 Å². The van der Waals surface area contributed by atoms with Crippen molar-refractivity contribution >= 4 is 17.9 Å². The first-order valence-corrected chi connectivity index (χ1v) is 12.2. The van der Waals surface area contributed by atoms with Gasteiger partial charge in [0.15, 0.2) is 0 Å². The molecule has 1 fully saturated rings. The van der Waals surface area contributed by atoms with Crippen molar-refractivity contribution in [2.75, 3.05) is 26.2 Å². The van der Waals surface area contributed by atoms with Crippen LogP contribution in [-0.2, 0) is 23.9 Å². The van der Waals surface area contributed by atoms with Crippen molar-refractivity contribution in [3.8, 4) is 0 Å². The van der Waals surface area contributed by atoms with E-state index in [2.05, 4.69) is 53.4 Å². The smallest absolute Gasteiger partial charge is 0.328 e. The van der Waals surface area contributed by atoms with Gasteiger partial charge in [-0.05, 0) is 43.9 Å². The molecule has 8 heteroatoms. The number of piperidine rings is 1. The highest BCUT2D eigenvalue weighted by Crippen LogP contribution is 2.30. The van der Waals surface area contributed by atoms with Crippen molar-refractivity contribution in [2.45, 2.75) is 44.8 Å². The van der Waals surface area contributed by atoms with Gasteiger partial charge in [0.2, 0.25) is 0 Å². The molecule has 0 unspecified atom stereocenters. The second kappa shape index (κ2) is 16.2. The monoisotopic (exact) mass is 497 g/mol. The van der Waals surface area contributed by atoms with Crippen LogP contribution < -0.4 is 0 Å². The fourth-order valence-electron chi connectivity index (χ4n) is 3.89. The van der Waals surface area contributed by atoms with Gasteiger partial charge in [-0.3, -0.25) is 4.79 Å². The van der Waals surface area contributed by atoms with E-state index in [9.17, 15) is 14.4 Å². The number of nitrogens with zero attached hydrogens (tertiary/aromatic N) is 1. The molecule has 0 radical (unpaired) electrons. The molecule has 1 aliphatic heterocycles. The van der Waals surface area contributed by atoms with Crippen LogP contribution in [0.2, 0.25) is 0 Å². The average Bonchev–Trinajstić information content (AvgIpc) is 2.88. The third kappa shape index (κ3) is 11.3. The van der Waals surface area contributed by atoms with E-state index in [0.29, 0.717) is 25.2 Å². The summed E-state index contributed by atoms with van der Waals surface area (Å²) >= 11 is 0. The third-order valence-corrected chi connectivity index (χ3v) is 5.60. The van der Waals surface area contributed by atoms with E-state index >= 15 is 0 Å². The van der Waals surface area contributed by atoms with Crippen LogP contribution in [0.25, 0.3) is 0 Å². The van der Waals surface area contributed by atoms with Gasteiger partial charge in [0, 0.05) is 31.7 Å². The summed E-state index contributed by atoms with van der Waals surface area (Å²) in [7, 11) is 0. The van der Waals surface area contributed by atoms with Crippen molar-refractivity contribution in [3.05, 3.63) is 83.9 Å². The van der Waals surface area contributed by atoms with Gasteiger partial charge in [-0.1, -0.05) is 60.7 Å². The summed E-state index contributed by atoms with van der Waals surface area (Å²) in [5, 5.41) is 15.6. The lowest BCUT2D eigenvalue weighted by molar-refractivity contribution is -0.143. The van der Waals surface area contributed by atoms with Crippen LogP contribution in [-0.4, -0.2) is 65.4 Å². The molecular formula is C28H35NO7. The van der Waals surface area contributed by atoms with Crippen LogP contribution in [0.3, 0.4) is 0 Å². The first-order chi connectivity index (χ1) is 17.4.